The van der Waals surface area contributed by atoms with Crippen molar-refractivity contribution in [2.24, 2.45) is 12.8 Å². The Bertz CT molecular complexity index is 599. The van der Waals surface area contributed by atoms with Gasteiger partial charge in [-0.15, -0.1) is 0 Å². The molecule has 0 aliphatic rings. The number of aryl methyl sites for hydroxylation is 1. The lowest BCUT2D eigenvalue weighted by Gasteiger charge is -2.28. The van der Waals surface area contributed by atoms with Gasteiger partial charge in [-0.3, -0.25) is 4.90 Å². The van der Waals surface area contributed by atoms with Crippen LogP contribution in [0.1, 0.15) is 17.4 Å². The van der Waals surface area contributed by atoms with Crippen molar-refractivity contribution in [3.8, 4) is 5.75 Å². The number of ether oxygens (including phenoxy) is 1. The van der Waals surface area contributed by atoms with Crippen LogP contribution in [-0.2, 0) is 13.6 Å². The van der Waals surface area contributed by atoms with E-state index < -0.39 is 0 Å². The Balaban J connectivity index is 2.24. The van der Waals surface area contributed by atoms with Gasteiger partial charge in [0.05, 0.1) is 13.7 Å². The topological polar surface area (TPSA) is 56.3 Å². The molecular formula is C15H21BrN4O. The highest BCUT2D eigenvalue weighted by Crippen LogP contribution is 2.30. The van der Waals surface area contributed by atoms with Crippen molar-refractivity contribution in [1.29, 1.82) is 0 Å². The number of methoxy groups -OCH3 is 1. The largest absolute Gasteiger partial charge is 0.497 e. The minimum Gasteiger partial charge on any atom is -0.497 e. The van der Waals surface area contributed by atoms with Crippen LogP contribution in [-0.4, -0.2) is 35.2 Å². The Kier molecular flexibility index (Phi) is 5.39. The fraction of sp³-hybridized carbons (Fsp3) is 0.400. The number of nitrogens with zero attached hydrogens (tertiary/aromatic N) is 3. The van der Waals surface area contributed by atoms with E-state index in [1.54, 1.807) is 7.11 Å². The lowest BCUT2D eigenvalue weighted by molar-refractivity contribution is 0.232. The molecule has 0 saturated heterocycles. The predicted octanol–water partition coefficient (Wildman–Crippen LogP) is 2.32. The predicted molar refractivity (Wildman–Crippen MR) is 87.2 cm³/mol. The molecule has 114 valence electrons. The number of imidazole rings is 1. The van der Waals surface area contributed by atoms with Gasteiger partial charge in [0.2, 0.25) is 0 Å². The molecule has 2 aromatic rings. The van der Waals surface area contributed by atoms with Crippen molar-refractivity contribution in [3.05, 3.63) is 46.5 Å². The van der Waals surface area contributed by atoms with Crippen LogP contribution in [0.3, 0.4) is 0 Å². The number of nitrogens with two attached hydrogens (primary N) is 1. The van der Waals surface area contributed by atoms with Crippen LogP contribution >= 0.6 is 15.9 Å². The highest BCUT2D eigenvalue weighted by atomic mass is 79.9. The van der Waals surface area contributed by atoms with Gasteiger partial charge in [0.1, 0.15) is 11.6 Å². The Hall–Kier alpha value is -1.37. The van der Waals surface area contributed by atoms with Crippen LogP contribution in [0.25, 0.3) is 0 Å². The summed E-state index contributed by atoms with van der Waals surface area (Å²) >= 11 is 3.60. The fourth-order valence-electron chi connectivity index (χ4n) is 2.33. The number of likely N-dealkylation sites (N-methyl/N-ethyl adjacent to an activating group) is 1. The second kappa shape index (κ2) is 7.06. The summed E-state index contributed by atoms with van der Waals surface area (Å²) in [7, 11) is 5.72. The normalized spacial score (nSPS) is 12.7. The first-order chi connectivity index (χ1) is 10.1. The average molecular weight is 353 g/mol. The summed E-state index contributed by atoms with van der Waals surface area (Å²) in [6.45, 7) is 1.25. The van der Waals surface area contributed by atoms with E-state index in [-0.39, 0.29) is 6.04 Å². The zero-order chi connectivity index (χ0) is 15.4. The molecule has 0 saturated carbocycles. The lowest BCUT2D eigenvalue weighted by atomic mass is 10.1. The maximum atomic E-state index is 6.00. The van der Waals surface area contributed by atoms with E-state index in [2.05, 4.69) is 32.9 Å². The van der Waals surface area contributed by atoms with E-state index in [0.717, 1.165) is 28.2 Å². The van der Waals surface area contributed by atoms with E-state index >= 15 is 0 Å². The number of halogens is 1. The Labute approximate surface area is 133 Å². The molecule has 1 aromatic heterocycles. The summed E-state index contributed by atoms with van der Waals surface area (Å²) in [5.41, 5.74) is 7.12. The second-order valence-electron chi connectivity index (χ2n) is 5.01. The van der Waals surface area contributed by atoms with Crippen molar-refractivity contribution in [2.75, 3.05) is 20.7 Å². The third-order valence-electron chi connectivity index (χ3n) is 3.63. The Morgan fingerprint density at radius 1 is 1.48 bits per heavy atom. The van der Waals surface area contributed by atoms with Crippen molar-refractivity contribution in [3.63, 3.8) is 0 Å². The lowest BCUT2D eigenvalue weighted by Crippen LogP contribution is -2.31. The minimum absolute atomic E-state index is 0.0891. The molecule has 5 nitrogen and oxygen atoms in total. The summed E-state index contributed by atoms with van der Waals surface area (Å²) in [4.78, 5) is 6.56. The monoisotopic (exact) mass is 352 g/mol. The van der Waals surface area contributed by atoms with Gasteiger partial charge in [-0.25, -0.2) is 4.98 Å². The van der Waals surface area contributed by atoms with Gasteiger partial charge in [0, 0.05) is 36.5 Å². The average Bonchev–Trinajstić information content (AvgIpc) is 2.87. The quantitative estimate of drug-likeness (QED) is 0.866. The number of hydrogen-bond donors (Lipinski definition) is 1. The molecule has 0 aliphatic carbocycles. The van der Waals surface area contributed by atoms with Crippen molar-refractivity contribution in [1.82, 2.24) is 14.5 Å². The molecule has 2 N–H and O–H groups in total. The molecule has 21 heavy (non-hydrogen) atoms. The smallest absolute Gasteiger partial charge is 0.122 e. The van der Waals surface area contributed by atoms with Gasteiger partial charge < -0.3 is 15.0 Å². The highest BCUT2D eigenvalue weighted by Gasteiger charge is 2.20. The van der Waals surface area contributed by atoms with Crippen LogP contribution in [0.2, 0.25) is 0 Å². The van der Waals surface area contributed by atoms with E-state index in [1.165, 1.54) is 0 Å². The van der Waals surface area contributed by atoms with Crippen molar-refractivity contribution >= 4 is 15.9 Å². The summed E-state index contributed by atoms with van der Waals surface area (Å²) in [5.74, 6) is 1.84. The van der Waals surface area contributed by atoms with Crippen molar-refractivity contribution in [2.45, 2.75) is 12.6 Å². The molecule has 0 radical (unpaired) electrons. The molecule has 0 spiro atoms. The standard InChI is InChI=1S/C15H21BrN4O/c1-19-7-6-18-15(19)10-20(2)14(9-17)12-8-11(21-3)4-5-13(12)16/h4-8,14H,9-10,17H2,1-3H3. The summed E-state index contributed by atoms with van der Waals surface area (Å²) in [5, 5.41) is 0. The second-order valence-corrected chi connectivity index (χ2v) is 5.86. The fourth-order valence-corrected chi connectivity index (χ4v) is 2.84. The Morgan fingerprint density at radius 2 is 2.24 bits per heavy atom. The molecular weight excluding hydrogens is 332 g/mol. The van der Waals surface area contributed by atoms with Crippen LogP contribution in [0.4, 0.5) is 0 Å². The summed E-state index contributed by atoms with van der Waals surface area (Å²) in [6, 6.07) is 6.04. The van der Waals surface area contributed by atoms with Crippen LogP contribution in [0, 0.1) is 0 Å². The molecule has 1 atom stereocenters. The zero-order valence-electron chi connectivity index (χ0n) is 12.6. The summed E-state index contributed by atoms with van der Waals surface area (Å²) in [6.07, 6.45) is 3.75. The van der Waals surface area contributed by atoms with Gasteiger partial charge in [-0.2, -0.15) is 0 Å². The molecule has 0 bridgehead atoms. The maximum absolute atomic E-state index is 6.00. The number of aromatic nitrogens is 2. The molecule has 0 fully saturated rings. The zero-order valence-corrected chi connectivity index (χ0v) is 14.2. The van der Waals surface area contributed by atoms with Crippen molar-refractivity contribution < 1.29 is 4.74 Å². The van der Waals surface area contributed by atoms with Crippen LogP contribution in [0.5, 0.6) is 5.75 Å². The van der Waals surface area contributed by atoms with Gasteiger partial charge in [-0.1, -0.05) is 15.9 Å². The maximum Gasteiger partial charge on any atom is 0.122 e. The third kappa shape index (κ3) is 3.64. The SMILES string of the molecule is COc1ccc(Br)c(C(CN)N(C)Cc2nccn2C)c1. The third-order valence-corrected chi connectivity index (χ3v) is 4.35. The highest BCUT2D eigenvalue weighted by molar-refractivity contribution is 9.10. The van der Waals surface area contributed by atoms with Gasteiger partial charge in [0.25, 0.3) is 0 Å². The van der Waals surface area contributed by atoms with E-state index in [4.69, 9.17) is 10.5 Å². The molecule has 6 heteroatoms. The first-order valence-electron chi connectivity index (χ1n) is 6.76. The van der Waals surface area contributed by atoms with Gasteiger partial charge in [-0.05, 0) is 30.8 Å². The molecule has 1 heterocycles. The number of benzene rings is 1. The molecule has 1 unspecified atom stereocenters. The van der Waals surface area contributed by atoms with E-state index in [1.807, 2.05) is 42.2 Å². The minimum atomic E-state index is 0.0891. The molecule has 1 aromatic carbocycles. The first-order valence-corrected chi connectivity index (χ1v) is 7.56. The van der Waals surface area contributed by atoms with Crippen LogP contribution in [0.15, 0.2) is 35.1 Å². The van der Waals surface area contributed by atoms with Gasteiger partial charge >= 0.3 is 0 Å². The number of hydrogen-bond acceptors (Lipinski definition) is 4. The first kappa shape index (κ1) is 16.0. The number of rotatable bonds is 6. The van der Waals surface area contributed by atoms with E-state index in [0.29, 0.717) is 6.54 Å². The van der Waals surface area contributed by atoms with E-state index in [9.17, 15) is 0 Å². The molecule has 2 rings (SSSR count). The van der Waals surface area contributed by atoms with Crippen LogP contribution < -0.4 is 10.5 Å². The molecule has 0 amide bonds. The van der Waals surface area contributed by atoms with Gasteiger partial charge in [0.15, 0.2) is 0 Å². The summed E-state index contributed by atoms with van der Waals surface area (Å²) < 4.78 is 8.36. The molecule has 0 aliphatic heterocycles. The Morgan fingerprint density at radius 3 is 2.81 bits per heavy atom.